The second-order valence-electron chi connectivity index (χ2n) is 6.44. The van der Waals surface area contributed by atoms with Crippen LogP contribution in [-0.4, -0.2) is 36.4 Å². The maximum Gasteiger partial charge on any atom is 0.341 e. The topological polar surface area (TPSA) is 72.8 Å². The van der Waals surface area contributed by atoms with Crippen molar-refractivity contribution in [3.63, 3.8) is 0 Å². The molecule has 2 aliphatic rings. The molecule has 0 amide bonds. The van der Waals surface area contributed by atoms with E-state index in [1.807, 2.05) is 17.5 Å². The summed E-state index contributed by atoms with van der Waals surface area (Å²) in [5.74, 6) is -0.159. The van der Waals surface area contributed by atoms with Crippen molar-refractivity contribution in [3.8, 4) is 0 Å². The number of nitrogens with one attached hydrogen (secondary N) is 1. The summed E-state index contributed by atoms with van der Waals surface area (Å²) in [6.07, 6.45) is 0.809. The molecule has 1 N–H and O–H groups in total. The van der Waals surface area contributed by atoms with E-state index in [1.165, 1.54) is 0 Å². The fourth-order valence-electron chi connectivity index (χ4n) is 3.23. The first-order chi connectivity index (χ1) is 13.1. The van der Waals surface area contributed by atoms with Crippen molar-refractivity contribution in [2.75, 3.05) is 19.7 Å². The van der Waals surface area contributed by atoms with Gasteiger partial charge >= 0.3 is 5.97 Å². The summed E-state index contributed by atoms with van der Waals surface area (Å²) in [4.78, 5) is 20.5. The van der Waals surface area contributed by atoms with Gasteiger partial charge in [-0.1, -0.05) is 34.4 Å². The Morgan fingerprint density at radius 1 is 1.30 bits per heavy atom. The summed E-state index contributed by atoms with van der Waals surface area (Å²) < 4.78 is 6.11. The first-order valence-corrected chi connectivity index (χ1v) is 10.2. The van der Waals surface area contributed by atoms with Gasteiger partial charge in [-0.25, -0.2) is 9.78 Å². The highest BCUT2D eigenvalue weighted by Crippen LogP contribution is 2.34. The van der Waals surface area contributed by atoms with Crippen LogP contribution in [0.3, 0.4) is 0 Å². The molecule has 0 spiro atoms. The van der Waals surface area contributed by atoms with Crippen LogP contribution in [0, 0.1) is 5.92 Å². The van der Waals surface area contributed by atoms with Crippen molar-refractivity contribution in [3.05, 3.63) is 49.9 Å². The van der Waals surface area contributed by atoms with Gasteiger partial charge in [-0.05, 0) is 17.7 Å². The number of oxime groups is 1. The number of ether oxygens (including phenoxy) is 1. The van der Waals surface area contributed by atoms with Gasteiger partial charge in [-0.2, -0.15) is 0 Å². The van der Waals surface area contributed by atoms with Crippen molar-refractivity contribution in [2.24, 2.45) is 11.1 Å². The van der Waals surface area contributed by atoms with E-state index in [2.05, 4.69) is 20.3 Å². The molecule has 0 bridgehead atoms. The fourth-order valence-corrected chi connectivity index (χ4v) is 4.44. The average molecular weight is 426 g/mol. The number of benzene rings is 1. The van der Waals surface area contributed by atoms with Crippen LogP contribution >= 0.6 is 34.5 Å². The van der Waals surface area contributed by atoms with Crippen molar-refractivity contribution in [2.45, 2.75) is 18.9 Å². The van der Waals surface area contributed by atoms with Crippen LogP contribution in [0.2, 0.25) is 10.0 Å². The predicted octanol–water partition coefficient (Wildman–Crippen LogP) is 3.62. The minimum absolute atomic E-state index is 0.101. The predicted molar refractivity (Wildman–Crippen MR) is 105 cm³/mol. The summed E-state index contributed by atoms with van der Waals surface area (Å²) in [5.41, 5.74) is 2.29. The molecule has 1 fully saturated rings. The molecule has 0 aliphatic carbocycles. The number of carbonyl (C=O) groups excluding carboxylic acids is 1. The van der Waals surface area contributed by atoms with E-state index in [4.69, 9.17) is 27.9 Å². The van der Waals surface area contributed by atoms with Gasteiger partial charge in [-0.15, -0.1) is 11.3 Å². The van der Waals surface area contributed by atoms with Gasteiger partial charge in [0.05, 0.1) is 39.9 Å². The van der Waals surface area contributed by atoms with Gasteiger partial charge in [0.1, 0.15) is 5.71 Å². The molecule has 2 aliphatic heterocycles. The zero-order valence-electron chi connectivity index (χ0n) is 14.3. The van der Waals surface area contributed by atoms with Crippen LogP contribution in [0.25, 0.3) is 0 Å². The van der Waals surface area contributed by atoms with E-state index in [0.29, 0.717) is 28.1 Å². The van der Waals surface area contributed by atoms with Crippen LogP contribution in [0.1, 0.15) is 28.8 Å². The molecule has 2 atom stereocenters. The van der Waals surface area contributed by atoms with E-state index < -0.39 is 0 Å². The molecule has 1 saturated heterocycles. The highest BCUT2D eigenvalue weighted by molar-refractivity contribution is 7.09. The Balaban J connectivity index is 1.54. The summed E-state index contributed by atoms with van der Waals surface area (Å²) in [7, 11) is 0. The molecule has 0 radical (unpaired) electrons. The second kappa shape index (κ2) is 8.24. The lowest BCUT2D eigenvalue weighted by atomic mass is 9.93. The van der Waals surface area contributed by atoms with Gasteiger partial charge in [0.2, 0.25) is 0 Å². The monoisotopic (exact) mass is 425 g/mol. The molecule has 4 rings (SSSR count). The summed E-state index contributed by atoms with van der Waals surface area (Å²) in [6.45, 7) is 2.23. The lowest BCUT2D eigenvalue weighted by Crippen LogP contribution is -2.26. The largest absolute Gasteiger partial charge is 0.372 e. The number of nitrogens with zero attached hydrogens (tertiary/aromatic N) is 2. The second-order valence-corrected chi connectivity index (χ2v) is 8.19. The van der Waals surface area contributed by atoms with E-state index in [0.717, 1.165) is 30.1 Å². The number of thiazole rings is 1. The Hall–Kier alpha value is -1.51. The number of aromatic nitrogens is 1. The molecule has 1 aromatic carbocycles. The number of halogens is 2. The fraction of sp³-hybridized carbons (Fsp3) is 0.389. The third-order valence-electron chi connectivity index (χ3n) is 4.54. The quantitative estimate of drug-likeness (QED) is 0.757. The molecule has 142 valence electrons. The number of carbonyl (C=O) groups is 1. The van der Waals surface area contributed by atoms with Crippen LogP contribution in [0.5, 0.6) is 0 Å². The highest BCUT2D eigenvalue weighted by atomic mass is 35.5. The van der Waals surface area contributed by atoms with Gasteiger partial charge in [-0.3, -0.25) is 0 Å². The number of hydrogen-bond donors (Lipinski definition) is 1. The molecular weight excluding hydrogens is 409 g/mol. The lowest BCUT2D eigenvalue weighted by molar-refractivity contribution is -0.140. The molecule has 1 aromatic heterocycles. The minimum Gasteiger partial charge on any atom is -0.372 e. The zero-order chi connectivity index (χ0) is 18.8. The average Bonchev–Trinajstić information content (AvgIpc) is 3.22. The van der Waals surface area contributed by atoms with Gasteiger partial charge in [0.25, 0.3) is 0 Å². The molecule has 6 nitrogen and oxygen atoms in total. The van der Waals surface area contributed by atoms with E-state index in [9.17, 15) is 4.79 Å². The van der Waals surface area contributed by atoms with Crippen molar-refractivity contribution in [1.29, 1.82) is 0 Å². The first kappa shape index (κ1) is 18.8. The Bertz CT molecular complexity index is 886. The summed E-state index contributed by atoms with van der Waals surface area (Å²) in [6, 6.07) is 5.63. The smallest absolute Gasteiger partial charge is 0.341 e. The van der Waals surface area contributed by atoms with Crippen LogP contribution in [0.4, 0.5) is 0 Å². The normalized spacial score (nSPS) is 23.0. The maximum absolute atomic E-state index is 11.2. The van der Waals surface area contributed by atoms with Crippen LogP contribution in [-0.2, 0) is 20.8 Å². The number of rotatable bonds is 4. The zero-order valence-corrected chi connectivity index (χ0v) is 16.6. The van der Waals surface area contributed by atoms with E-state index in [-0.39, 0.29) is 24.4 Å². The molecule has 2 aromatic rings. The Morgan fingerprint density at radius 2 is 2.19 bits per heavy atom. The standard InChI is InChI=1S/C18H17Cl2N3O3S/c19-12-2-1-10(5-13(12)20)18-11(8-21-3-4-25-18)6-16-22-15(9-27-16)14-7-17(24)26-23-14/h1-2,5,9,11,18,21H,3-4,6-8H2/t11-,18+/m1/s1. The molecule has 0 unspecified atom stereocenters. The first-order valence-electron chi connectivity index (χ1n) is 8.59. The van der Waals surface area contributed by atoms with Gasteiger partial charge < -0.3 is 14.9 Å². The summed E-state index contributed by atoms with van der Waals surface area (Å²) in [5, 5.41) is 11.1. The maximum atomic E-state index is 11.2. The lowest BCUT2D eigenvalue weighted by Gasteiger charge is -2.24. The van der Waals surface area contributed by atoms with Crippen molar-refractivity contribution < 1.29 is 14.4 Å². The van der Waals surface area contributed by atoms with Gasteiger partial charge in [0, 0.05) is 30.8 Å². The van der Waals surface area contributed by atoms with E-state index in [1.54, 1.807) is 17.4 Å². The molecule has 3 heterocycles. The van der Waals surface area contributed by atoms with Crippen LogP contribution in [0.15, 0.2) is 28.7 Å². The summed E-state index contributed by atoms with van der Waals surface area (Å²) >= 11 is 13.8. The van der Waals surface area contributed by atoms with Crippen molar-refractivity contribution in [1.82, 2.24) is 10.3 Å². The third-order valence-corrected chi connectivity index (χ3v) is 6.15. The third kappa shape index (κ3) is 4.33. The Morgan fingerprint density at radius 3 is 2.96 bits per heavy atom. The Kier molecular flexibility index (Phi) is 5.75. The van der Waals surface area contributed by atoms with E-state index >= 15 is 0 Å². The number of hydrogen-bond acceptors (Lipinski definition) is 7. The molecule has 27 heavy (non-hydrogen) atoms. The molecule has 9 heteroatoms. The van der Waals surface area contributed by atoms with Crippen LogP contribution < -0.4 is 5.32 Å². The minimum atomic E-state index is -0.347. The van der Waals surface area contributed by atoms with Crippen molar-refractivity contribution >= 4 is 46.2 Å². The highest BCUT2D eigenvalue weighted by Gasteiger charge is 2.28. The molecular formula is C18H17Cl2N3O3S. The van der Waals surface area contributed by atoms with Gasteiger partial charge in [0.15, 0.2) is 0 Å². The Labute approximate surface area is 170 Å². The SMILES string of the molecule is O=C1CC(c2csc(C[C@@H]3CNCCO[C@H]3c3ccc(Cl)c(Cl)c3)n2)=NO1. The molecule has 0 saturated carbocycles.